The lowest BCUT2D eigenvalue weighted by atomic mass is 9.84. The highest BCUT2D eigenvalue weighted by molar-refractivity contribution is 6.24. The molecule has 0 N–H and O–H groups in total. The second-order valence-electron chi connectivity index (χ2n) is 18.7. The van der Waals surface area contributed by atoms with Gasteiger partial charge in [0.1, 0.15) is 11.2 Å². The first-order valence-electron chi connectivity index (χ1n) is 24.3. The Balaban J connectivity index is 0.906. The zero-order chi connectivity index (χ0) is 44.8. The molecule has 5 aromatic carbocycles. The summed E-state index contributed by atoms with van der Waals surface area (Å²) in [6.07, 6.45) is 8.44. The zero-order valence-electron chi connectivity index (χ0n) is 38.7. The van der Waals surface area contributed by atoms with E-state index < -0.39 is 0 Å². The summed E-state index contributed by atoms with van der Waals surface area (Å²) in [6, 6.07) is 36.0. The fourth-order valence-electron chi connectivity index (χ4n) is 9.52. The molecule has 10 rings (SSSR count). The lowest BCUT2D eigenvalue weighted by Gasteiger charge is -2.40. The number of fused-ring (bicyclic) bond motifs is 8. The Morgan fingerprint density at radius 1 is 0.545 bits per heavy atom. The minimum atomic E-state index is 0.238. The van der Waals surface area contributed by atoms with Crippen LogP contribution in [0.25, 0.3) is 71.9 Å². The number of aromatic nitrogens is 3. The van der Waals surface area contributed by atoms with Crippen molar-refractivity contribution in [3.05, 3.63) is 114 Å². The van der Waals surface area contributed by atoms with E-state index in [1.165, 1.54) is 0 Å². The number of furan rings is 1. The number of ether oxygens (including phenoxy) is 6. The Kier molecular flexibility index (Phi) is 13.8. The maximum atomic E-state index is 6.61. The van der Waals surface area contributed by atoms with Gasteiger partial charge < -0.3 is 32.8 Å². The summed E-state index contributed by atoms with van der Waals surface area (Å²) in [4.78, 5) is 10.7. The molecule has 2 aliphatic heterocycles. The first-order valence-corrected chi connectivity index (χ1v) is 24.3. The normalized spacial score (nSPS) is 15.6. The van der Waals surface area contributed by atoms with Crippen molar-refractivity contribution in [2.24, 2.45) is 10.8 Å². The van der Waals surface area contributed by atoms with Crippen molar-refractivity contribution in [1.29, 1.82) is 0 Å². The van der Waals surface area contributed by atoms with Crippen molar-refractivity contribution in [3.8, 4) is 17.2 Å². The molecule has 2 aliphatic rings. The van der Waals surface area contributed by atoms with Gasteiger partial charge in [-0.05, 0) is 105 Å². The molecular weight excluding hydrogens is 827 g/mol. The van der Waals surface area contributed by atoms with Crippen molar-refractivity contribution >= 4 is 54.6 Å². The van der Waals surface area contributed by atoms with Gasteiger partial charge in [-0.2, -0.15) is 0 Å². The summed E-state index contributed by atoms with van der Waals surface area (Å²) < 4.78 is 44.3. The standard InChI is InChI=1S/C56H63N3O7/c1-3-55(36-64-37-55)34-62-28-14-6-12-26-60-32-40-20-23-48-45(30-40)43-22-25-50-51(53(43)59(48)54-57-47-19-11-10-18-44(47)52(58-54)42-16-8-5-9-17-42)46-31-41(21-24-49(46)66-50)33-61-27-13-7-15-29-63-35-56(4-2)38-65-39-56/h5,8-11,16-25,30-31H,3-4,6-7,12-15,26-29,32-39H2,1-2H3. The smallest absolute Gasteiger partial charge is 0.235 e. The molecule has 10 heteroatoms. The molecule has 2 saturated heterocycles. The highest BCUT2D eigenvalue weighted by atomic mass is 16.5. The molecule has 0 bridgehead atoms. The Hall–Kier alpha value is -5.20. The summed E-state index contributed by atoms with van der Waals surface area (Å²) in [5.41, 5.74) is 9.21. The average Bonchev–Trinajstić information content (AvgIpc) is 3.87. The number of hydrogen-bond acceptors (Lipinski definition) is 9. The summed E-state index contributed by atoms with van der Waals surface area (Å²) in [5, 5.41) is 5.31. The minimum absolute atomic E-state index is 0.238. The largest absolute Gasteiger partial charge is 0.456 e. The molecule has 10 nitrogen and oxygen atoms in total. The van der Waals surface area contributed by atoms with Crippen LogP contribution in [0.2, 0.25) is 0 Å². The van der Waals surface area contributed by atoms with Crippen LogP contribution in [-0.4, -0.2) is 80.6 Å². The van der Waals surface area contributed by atoms with Crippen molar-refractivity contribution in [3.63, 3.8) is 0 Å². The Labute approximate surface area is 387 Å². The first-order chi connectivity index (χ1) is 32.6. The van der Waals surface area contributed by atoms with Gasteiger partial charge in [0.15, 0.2) is 0 Å². The van der Waals surface area contributed by atoms with E-state index in [2.05, 4.69) is 109 Å². The van der Waals surface area contributed by atoms with Gasteiger partial charge in [-0.3, -0.25) is 4.57 Å². The number of nitrogens with zero attached hydrogens (tertiary/aromatic N) is 3. The third kappa shape index (κ3) is 9.37. The SMILES string of the molecule is CCC1(COCCCCCOCc2ccc3oc4ccc5c6cc(COCCCCCOCC7(CC)COC7)ccc6n(-c6nc(-c7ccccc7)c7ccccc7n6)c5c4c3c2)COC1. The maximum Gasteiger partial charge on any atom is 0.235 e. The highest BCUT2D eigenvalue weighted by Crippen LogP contribution is 2.42. The Morgan fingerprint density at radius 3 is 1.77 bits per heavy atom. The third-order valence-electron chi connectivity index (χ3n) is 14.0. The van der Waals surface area contributed by atoms with Crippen LogP contribution in [0.4, 0.5) is 0 Å². The van der Waals surface area contributed by atoms with Gasteiger partial charge in [0.2, 0.25) is 5.95 Å². The second kappa shape index (κ2) is 20.3. The van der Waals surface area contributed by atoms with Crippen LogP contribution in [-0.2, 0) is 41.6 Å². The molecule has 5 heterocycles. The number of hydrogen-bond donors (Lipinski definition) is 0. The van der Waals surface area contributed by atoms with E-state index in [-0.39, 0.29) is 10.8 Å². The van der Waals surface area contributed by atoms with E-state index in [0.717, 1.165) is 181 Å². The quantitative estimate of drug-likeness (QED) is 0.0549. The molecule has 3 aromatic heterocycles. The van der Waals surface area contributed by atoms with E-state index in [4.69, 9.17) is 42.8 Å². The number of unbranched alkanes of at least 4 members (excludes halogenated alkanes) is 4. The second-order valence-corrected chi connectivity index (χ2v) is 18.7. The molecule has 8 aromatic rings. The fourth-order valence-corrected chi connectivity index (χ4v) is 9.52. The predicted octanol–water partition coefficient (Wildman–Crippen LogP) is 12.6. The van der Waals surface area contributed by atoms with Gasteiger partial charge in [0.05, 0.1) is 80.5 Å². The number of benzene rings is 5. The molecule has 344 valence electrons. The topological polar surface area (TPSA) is 99.2 Å². The van der Waals surface area contributed by atoms with Gasteiger partial charge in [-0.15, -0.1) is 0 Å². The van der Waals surface area contributed by atoms with E-state index in [1.54, 1.807) is 0 Å². The van der Waals surface area contributed by atoms with Crippen LogP contribution in [0.1, 0.15) is 76.3 Å². The molecule has 0 radical (unpaired) electrons. The summed E-state index contributed by atoms with van der Waals surface area (Å²) in [5.74, 6) is 0.611. The molecule has 0 unspecified atom stereocenters. The summed E-state index contributed by atoms with van der Waals surface area (Å²) >= 11 is 0. The first kappa shape index (κ1) is 44.6. The molecular formula is C56H63N3O7. The number of para-hydroxylation sites is 1. The highest BCUT2D eigenvalue weighted by Gasteiger charge is 2.37. The fraction of sp³-hybridized carbons (Fsp3) is 0.429. The molecule has 0 amide bonds. The van der Waals surface area contributed by atoms with Crippen molar-refractivity contribution in [2.75, 3.05) is 66.1 Å². The molecule has 0 aliphatic carbocycles. The van der Waals surface area contributed by atoms with Crippen LogP contribution in [0.15, 0.2) is 108 Å². The minimum Gasteiger partial charge on any atom is -0.456 e. The molecule has 66 heavy (non-hydrogen) atoms. The van der Waals surface area contributed by atoms with Gasteiger partial charge >= 0.3 is 0 Å². The van der Waals surface area contributed by atoms with Crippen LogP contribution < -0.4 is 0 Å². The predicted molar refractivity (Wildman–Crippen MR) is 262 cm³/mol. The lowest BCUT2D eigenvalue weighted by Crippen LogP contribution is -2.45. The van der Waals surface area contributed by atoms with Crippen LogP contribution in [0.3, 0.4) is 0 Å². The van der Waals surface area contributed by atoms with E-state index in [0.29, 0.717) is 32.4 Å². The van der Waals surface area contributed by atoms with E-state index >= 15 is 0 Å². The third-order valence-corrected chi connectivity index (χ3v) is 14.0. The molecule has 0 atom stereocenters. The van der Waals surface area contributed by atoms with Crippen molar-refractivity contribution in [1.82, 2.24) is 14.5 Å². The molecule has 0 spiro atoms. The van der Waals surface area contributed by atoms with Gasteiger partial charge in [0.25, 0.3) is 0 Å². The van der Waals surface area contributed by atoms with Crippen LogP contribution in [0.5, 0.6) is 0 Å². The summed E-state index contributed by atoms with van der Waals surface area (Å²) in [6.45, 7) is 13.4. The van der Waals surface area contributed by atoms with Crippen LogP contribution in [0, 0.1) is 10.8 Å². The average molecular weight is 890 g/mol. The Bertz CT molecular complexity index is 2890. The van der Waals surface area contributed by atoms with E-state index in [1.807, 2.05) is 12.1 Å². The monoisotopic (exact) mass is 889 g/mol. The zero-order valence-corrected chi connectivity index (χ0v) is 38.7. The van der Waals surface area contributed by atoms with Gasteiger partial charge in [0, 0.05) is 64.4 Å². The molecule has 0 saturated carbocycles. The van der Waals surface area contributed by atoms with Gasteiger partial charge in [-0.25, -0.2) is 9.97 Å². The van der Waals surface area contributed by atoms with Crippen LogP contribution >= 0.6 is 0 Å². The van der Waals surface area contributed by atoms with Gasteiger partial charge in [-0.1, -0.05) is 74.5 Å². The maximum absolute atomic E-state index is 6.61. The van der Waals surface area contributed by atoms with Crippen molar-refractivity contribution < 1.29 is 32.8 Å². The van der Waals surface area contributed by atoms with Crippen molar-refractivity contribution in [2.45, 2.75) is 78.4 Å². The van der Waals surface area contributed by atoms with E-state index in [9.17, 15) is 0 Å². The molecule has 2 fully saturated rings. The number of rotatable bonds is 24. The lowest BCUT2D eigenvalue weighted by molar-refractivity contribution is -0.150. The Morgan fingerprint density at radius 2 is 1.14 bits per heavy atom. The summed E-state index contributed by atoms with van der Waals surface area (Å²) in [7, 11) is 0.